The van der Waals surface area contributed by atoms with Gasteiger partial charge >= 0.3 is 5.57 Å². The average Bonchev–Trinajstić information content (AvgIpc) is 3.09. The van der Waals surface area contributed by atoms with E-state index < -0.39 is 11.5 Å². The molecule has 3 aromatic rings. The van der Waals surface area contributed by atoms with Crippen LogP contribution in [0.3, 0.4) is 0 Å². The van der Waals surface area contributed by atoms with Crippen molar-refractivity contribution < 1.29 is 18.3 Å². The van der Waals surface area contributed by atoms with E-state index in [0.717, 1.165) is 0 Å². The molecule has 1 amide bonds. The van der Waals surface area contributed by atoms with Gasteiger partial charge in [0.1, 0.15) is 11.4 Å². The summed E-state index contributed by atoms with van der Waals surface area (Å²) < 4.78 is 30.0. The maximum atomic E-state index is 12.6. The fourth-order valence-corrected chi connectivity index (χ4v) is 2.74. The van der Waals surface area contributed by atoms with Gasteiger partial charge < -0.3 is 10.1 Å². The number of ether oxygens (including phenoxy) is 1. The van der Waals surface area contributed by atoms with Gasteiger partial charge in [-0.2, -0.15) is 5.10 Å². The van der Waals surface area contributed by atoms with Crippen LogP contribution in [0.2, 0.25) is 0 Å². The number of aromatic nitrogens is 3. The minimum Gasteiger partial charge on any atom is -0.420 e. The second-order valence-corrected chi connectivity index (χ2v) is 6.35. The van der Waals surface area contributed by atoms with Crippen molar-refractivity contribution in [2.75, 3.05) is 5.32 Å². The lowest BCUT2D eigenvalue weighted by atomic mass is 10.2. The molecule has 2 aromatic heterocycles. The lowest BCUT2D eigenvalue weighted by molar-refractivity contribution is -0.0964. The zero-order valence-electron chi connectivity index (χ0n) is 12.8. The summed E-state index contributed by atoms with van der Waals surface area (Å²) in [7, 11) is 0. The van der Waals surface area contributed by atoms with Gasteiger partial charge in [-0.25, -0.2) is 0 Å². The number of pyridine rings is 1. The highest BCUT2D eigenvalue weighted by atomic mass is 79.9. The Morgan fingerprint density at radius 1 is 1.27 bits per heavy atom. The molecule has 0 bridgehead atoms. The van der Waals surface area contributed by atoms with Crippen LogP contribution in [0.25, 0.3) is 11.4 Å². The first-order valence-electron chi connectivity index (χ1n) is 7.14. The first kappa shape index (κ1) is 18.3. The molecule has 0 aliphatic rings. The van der Waals surface area contributed by atoms with Crippen LogP contribution in [0.4, 0.5) is 14.5 Å². The molecule has 3 rings (SSSR count). The topological polar surface area (TPSA) is 79.9 Å². The van der Waals surface area contributed by atoms with E-state index in [0.29, 0.717) is 27.1 Å². The van der Waals surface area contributed by atoms with Crippen molar-refractivity contribution in [2.24, 2.45) is 0 Å². The predicted molar refractivity (Wildman–Crippen MR) is 95.3 cm³/mol. The fraction of sp³-hybridized carbons (Fsp3) is 0.0625. The number of nitrogens with zero attached hydrogens (tertiary/aromatic N) is 2. The van der Waals surface area contributed by atoms with Crippen LogP contribution in [-0.2, 0) is 0 Å². The van der Waals surface area contributed by atoms with Gasteiger partial charge in [-0.15, -0.1) is 8.78 Å². The smallest absolute Gasteiger partial charge is 0.420 e. The summed E-state index contributed by atoms with van der Waals surface area (Å²) in [4.78, 5) is 16.6. The van der Waals surface area contributed by atoms with E-state index in [2.05, 4.69) is 41.2 Å². The van der Waals surface area contributed by atoms with E-state index in [1.54, 1.807) is 18.3 Å². The van der Waals surface area contributed by atoms with Crippen LogP contribution in [0.15, 0.2) is 53.3 Å². The zero-order chi connectivity index (χ0) is 18.7. The van der Waals surface area contributed by atoms with E-state index in [-0.39, 0.29) is 5.75 Å². The number of benzene rings is 1. The van der Waals surface area contributed by atoms with Crippen LogP contribution in [-0.4, -0.2) is 26.7 Å². The second-order valence-electron chi connectivity index (χ2n) is 5.05. The summed E-state index contributed by atoms with van der Waals surface area (Å²) in [6.45, 7) is 0. The highest BCUT2D eigenvalue weighted by Gasteiger charge is 2.27. The highest BCUT2D eigenvalue weighted by Crippen LogP contribution is 2.27. The quantitative estimate of drug-likeness (QED) is 0.562. The number of carbonyl (C=O) groups is 1. The Labute approximate surface area is 159 Å². The number of nitrogens with one attached hydrogen (secondary N) is 2. The third-order valence-corrected chi connectivity index (χ3v) is 3.89. The van der Waals surface area contributed by atoms with Crippen molar-refractivity contribution in [3.8, 4) is 17.1 Å². The molecule has 26 heavy (non-hydrogen) atoms. The van der Waals surface area contributed by atoms with Crippen LogP contribution < -0.4 is 10.1 Å². The zero-order valence-corrected chi connectivity index (χ0v) is 15.2. The van der Waals surface area contributed by atoms with E-state index in [4.69, 9.17) is 11.6 Å². The van der Waals surface area contributed by atoms with Crippen LogP contribution in [0.5, 0.6) is 5.75 Å². The molecule has 0 spiro atoms. The molecule has 0 aliphatic carbocycles. The Kier molecular flexibility index (Phi) is 5.19. The van der Waals surface area contributed by atoms with Gasteiger partial charge in [-0.1, -0.05) is 0 Å². The van der Waals surface area contributed by atoms with E-state index in [1.165, 1.54) is 30.5 Å². The Hall–Kier alpha value is -2.52. The summed E-state index contributed by atoms with van der Waals surface area (Å²) in [5.74, 6) is -0.540. The maximum Gasteiger partial charge on any atom is 0.487 e. The molecule has 0 aliphatic heterocycles. The van der Waals surface area contributed by atoms with Gasteiger partial charge in [0.05, 0.1) is 11.3 Å². The Bertz CT molecular complexity index is 915. The van der Waals surface area contributed by atoms with Crippen LogP contribution >= 0.6 is 27.5 Å². The Morgan fingerprint density at radius 2 is 2.00 bits per heavy atom. The minimum atomic E-state index is -3.79. The molecular formula is C16H10BrClF2N4O2. The molecule has 0 saturated heterocycles. The van der Waals surface area contributed by atoms with Gasteiger partial charge in [-0.05, 0) is 52.3 Å². The lowest BCUT2D eigenvalue weighted by Crippen LogP contribution is -2.16. The highest BCUT2D eigenvalue weighted by molar-refractivity contribution is 9.10. The Balaban J connectivity index is 1.71. The normalized spacial score (nSPS) is 11.2. The number of rotatable bonds is 5. The van der Waals surface area contributed by atoms with Gasteiger partial charge in [0.15, 0.2) is 0 Å². The number of carbonyl (C=O) groups excluding carboxylic acids is 1. The summed E-state index contributed by atoms with van der Waals surface area (Å²) in [5.41, 5.74) is -1.76. The van der Waals surface area contributed by atoms with Crippen molar-refractivity contribution >= 4 is 39.1 Å². The second kappa shape index (κ2) is 7.38. The monoisotopic (exact) mass is 442 g/mol. The first-order valence-corrected chi connectivity index (χ1v) is 8.31. The fourth-order valence-electron chi connectivity index (χ4n) is 2.09. The van der Waals surface area contributed by atoms with Crippen LogP contribution in [0.1, 0.15) is 10.4 Å². The average molecular weight is 444 g/mol. The van der Waals surface area contributed by atoms with Crippen molar-refractivity contribution in [3.05, 3.63) is 58.8 Å². The molecule has 0 unspecified atom stereocenters. The summed E-state index contributed by atoms with van der Waals surface area (Å²) in [5, 5.41) is 9.27. The van der Waals surface area contributed by atoms with Crippen molar-refractivity contribution in [1.82, 2.24) is 15.2 Å². The standard InChI is InChI=1S/C16H10BrClF2N4O2/c17-12-7-9(8-21-14(12)13-5-6-22-24-13)15(25)23-10-1-3-11(4-2-10)26-16(18,19)20/h1-8H,(H,22,24)(H,23,25). The summed E-state index contributed by atoms with van der Waals surface area (Å²) >= 11 is 8.06. The third kappa shape index (κ3) is 4.55. The number of hydrogen-bond acceptors (Lipinski definition) is 4. The van der Waals surface area contributed by atoms with E-state index in [9.17, 15) is 13.6 Å². The number of hydrogen-bond donors (Lipinski definition) is 2. The van der Waals surface area contributed by atoms with Gasteiger partial charge in [0, 0.05) is 34.2 Å². The maximum absolute atomic E-state index is 12.6. The van der Waals surface area contributed by atoms with E-state index in [1.807, 2.05) is 0 Å². The van der Waals surface area contributed by atoms with Gasteiger partial charge in [0.25, 0.3) is 5.91 Å². The first-order chi connectivity index (χ1) is 12.3. The molecule has 2 N–H and O–H groups in total. The molecule has 134 valence electrons. The number of aromatic amines is 1. The number of amides is 1. The van der Waals surface area contributed by atoms with Crippen LogP contribution in [0, 0.1) is 0 Å². The molecular weight excluding hydrogens is 434 g/mol. The van der Waals surface area contributed by atoms with Gasteiger partial charge in [0.2, 0.25) is 0 Å². The molecule has 2 heterocycles. The van der Waals surface area contributed by atoms with Crippen molar-refractivity contribution in [1.29, 1.82) is 0 Å². The third-order valence-electron chi connectivity index (χ3n) is 3.20. The number of anilines is 1. The lowest BCUT2D eigenvalue weighted by Gasteiger charge is -2.11. The van der Waals surface area contributed by atoms with E-state index >= 15 is 0 Å². The Morgan fingerprint density at radius 3 is 2.58 bits per heavy atom. The number of H-pyrrole nitrogens is 1. The molecule has 0 radical (unpaired) electrons. The summed E-state index contributed by atoms with van der Waals surface area (Å²) in [6.07, 6.45) is 3.01. The molecule has 10 heteroatoms. The van der Waals surface area contributed by atoms with Crippen molar-refractivity contribution in [2.45, 2.75) is 5.57 Å². The molecule has 0 saturated carbocycles. The predicted octanol–water partition coefficient (Wildman–Crippen LogP) is 4.65. The molecule has 0 fully saturated rings. The SMILES string of the molecule is O=C(Nc1ccc(OC(F)(F)Cl)cc1)c1cnc(-c2ccn[nH]2)c(Br)c1. The van der Waals surface area contributed by atoms with Gasteiger partial charge in [-0.3, -0.25) is 14.9 Å². The van der Waals surface area contributed by atoms with Crippen molar-refractivity contribution in [3.63, 3.8) is 0 Å². The summed E-state index contributed by atoms with van der Waals surface area (Å²) in [6, 6.07) is 8.72. The largest absolute Gasteiger partial charge is 0.487 e. The number of halogens is 4. The number of alkyl halides is 3. The molecule has 0 atom stereocenters. The molecule has 1 aromatic carbocycles. The minimum absolute atomic E-state index is 0.128. The molecule has 6 nitrogen and oxygen atoms in total.